The largest absolute Gasteiger partial charge is 0.348 e. The Balaban J connectivity index is 1.71. The molecule has 1 fully saturated rings. The summed E-state index contributed by atoms with van der Waals surface area (Å²) in [4.78, 5) is 12.4. The molecule has 1 aliphatic heterocycles. The summed E-state index contributed by atoms with van der Waals surface area (Å²) in [6.45, 7) is 3.87. The number of nitrogens with one attached hydrogen (secondary N) is 2. The van der Waals surface area contributed by atoms with Gasteiger partial charge < -0.3 is 10.6 Å². The summed E-state index contributed by atoms with van der Waals surface area (Å²) in [5.74, 6) is 0.490. The van der Waals surface area contributed by atoms with E-state index in [0.717, 1.165) is 25.9 Å². The first-order valence-corrected chi connectivity index (χ1v) is 7.84. The van der Waals surface area contributed by atoms with Crippen molar-refractivity contribution in [1.82, 2.24) is 10.6 Å². The smallest absolute Gasteiger partial charge is 0.223 e. The monoisotopic (exact) mass is 272 g/mol. The SMILES string of the molecule is Cc1ccc2c(c1)CNCC2NC(=O)C1CCCCC1. The molecule has 3 heteroatoms. The summed E-state index contributed by atoms with van der Waals surface area (Å²) >= 11 is 0. The highest BCUT2D eigenvalue weighted by Crippen LogP contribution is 2.27. The molecule has 1 aromatic carbocycles. The van der Waals surface area contributed by atoms with Crippen molar-refractivity contribution in [2.24, 2.45) is 5.92 Å². The second kappa shape index (κ2) is 5.96. The van der Waals surface area contributed by atoms with Gasteiger partial charge in [-0.2, -0.15) is 0 Å². The van der Waals surface area contributed by atoms with E-state index in [9.17, 15) is 4.79 Å². The highest BCUT2D eigenvalue weighted by Gasteiger charge is 2.26. The van der Waals surface area contributed by atoms with E-state index in [0.29, 0.717) is 0 Å². The van der Waals surface area contributed by atoms with Crippen molar-refractivity contribution in [3.8, 4) is 0 Å². The Hall–Kier alpha value is -1.35. The maximum Gasteiger partial charge on any atom is 0.223 e. The maximum atomic E-state index is 12.4. The summed E-state index contributed by atoms with van der Waals surface area (Å²) in [7, 11) is 0. The van der Waals surface area contributed by atoms with E-state index in [1.165, 1.54) is 36.0 Å². The van der Waals surface area contributed by atoms with Gasteiger partial charge in [-0.05, 0) is 30.9 Å². The highest BCUT2D eigenvalue weighted by atomic mass is 16.1. The van der Waals surface area contributed by atoms with E-state index in [1.807, 2.05) is 0 Å². The molecule has 0 aromatic heterocycles. The molecular formula is C17H24N2O. The Labute approximate surface area is 121 Å². The quantitative estimate of drug-likeness (QED) is 0.869. The molecule has 1 atom stereocenters. The predicted molar refractivity (Wildman–Crippen MR) is 80.3 cm³/mol. The van der Waals surface area contributed by atoms with Gasteiger partial charge in [-0.25, -0.2) is 0 Å². The molecule has 2 N–H and O–H groups in total. The molecule has 1 saturated carbocycles. The third kappa shape index (κ3) is 2.88. The third-order valence-electron chi connectivity index (χ3n) is 4.63. The van der Waals surface area contributed by atoms with Gasteiger partial charge in [-0.1, -0.05) is 43.0 Å². The van der Waals surface area contributed by atoms with E-state index in [-0.39, 0.29) is 17.9 Å². The Kier molecular flexibility index (Phi) is 4.06. The van der Waals surface area contributed by atoms with Crippen LogP contribution < -0.4 is 10.6 Å². The lowest BCUT2D eigenvalue weighted by atomic mass is 9.88. The van der Waals surface area contributed by atoms with Gasteiger partial charge in [0.05, 0.1) is 6.04 Å². The van der Waals surface area contributed by atoms with Crippen molar-refractivity contribution in [2.45, 2.75) is 51.6 Å². The molecule has 0 spiro atoms. The van der Waals surface area contributed by atoms with Crippen LogP contribution in [-0.2, 0) is 11.3 Å². The van der Waals surface area contributed by atoms with E-state index in [1.54, 1.807) is 0 Å². The molecule has 1 aromatic rings. The Morgan fingerprint density at radius 3 is 2.85 bits per heavy atom. The Morgan fingerprint density at radius 2 is 2.05 bits per heavy atom. The van der Waals surface area contributed by atoms with Gasteiger partial charge in [0.25, 0.3) is 0 Å². The molecular weight excluding hydrogens is 248 g/mol. The zero-order valence-electron chi connectivity index (χ0n) is 12.2. The third-order valence-corrected chi connectivity index (χ3v) is 4.63. The minimum atomic E-state index is 0.133. The molecule has 0 radical (unpaired) electrons. The van der Waals surface area contributed by atoms with Crippen LogP contribution in [0.25, 0.3) is 0 Å². The average molecular weight is 272 g/mol. The van der Waals surface area contributed by atoms with Crippen LogP contribution in [0.1, 0.15) is 54.8 Å². The van der Waals surface area contributed by atoms with Gasteiger partial charge in [0.2, 0.25) is 5.91 Å². The van der Waals surface area contributed by atoms with Crippen LogP contribution >= 0.6 is 0 Å². The molecule has 1 amide bonds. The molecule has 20 heavy (non-hydrogen) atoms. The summed E-state index contributed by atoms with van der Waals surface area (Å²) in [5, 5.41) is 6.67. The molecule has 0 bridgehead atoms. The number of carbonyl (C=O) groups excluding carboxylic acids is 1. The van der Waals surface area contributed by atoms with Gasteiger partial charge in [0, 0.05) is 19.0 Å². The minimum absolute atomic E-state index is 0.133. The maximum absolute atomic E-state index is 12.4. The fourth-order valence-corrected chi connectivity index (χ4v) is 3.47. The molecule has 2 aliphatic rings. The predicted octanol–water partition coefficient (Wildman–Crippen LogP) is 2.84. The van der Waals surface area contributed by atoms with Gasteiger partial charge >= 0.3 is 0 Å². The molecule has 1 unspecified atom stereocenters. The Bertz CT molecular complexity index is 492. The van der Waals surface area contributed by atoms with Crippen molar-refractivity contribution in [1.29, 1.82) is 0 Å². The first-order valence-electron chi connectivity index (χ1n) is 7.84. The second-order valence-electron chi connectivity index (χ2n) is 6.23. The van der Waals surface area contributed by atoms with E-state index in [4.69, 9.17) is 0 Å². The zero-order valence-corrected chi connectivity index (χ0v) is 12.2. The summed E-state index contributed by atoms with van der Waals surface area (Å²) in [6.07, 6.45) is 5.82. The van der Waals surface area contributed by atoms with Crippen LogP contribution in [-0.4, -0.2) is 12.5 Å². The number of amides is 1. The van der Waals surface area contributed by atoms with Crippen molar-refractivity contribution in [3.05, 3.63) is 34.9 Å². The average Bonchev–Trinajstić information content (AvgIpc) is 2.48. The van der Waals surface area contributed by atoms with Crippen LogP contribution in [0.3, 0.4) is 0 Å². The lowest BCUT2D eigenvalue weighted by Crippen LogP contribution is -2.42. The molecule has 3 rings (SSSR count). The number of aryl methyl sites for hydroxylation is 1. The topological polar surface area (TPSA) is 41.1 Å². The number of hydrogen-bond acceptors (Lipinski definition) is 2. The van der Waals surface area contributed by atoms with E-state index < -0.39 is 0 Å². The van der Waals surface area contributed by atoms with Crippen molar-refractivity contribution >= 4 is 5.91 Å². The van der Waals surface area contributed by atoms with Crippen molar-refractivity contribution in [2.75, 3.05) is 6.54 Å². The highest BCUT2D eigenvalue weighted by molar-refractivity contribution is 5.79. The number of rotatable bonds is 2. The standard InChI is InChI=1S/C17H24N2O/c1-12-7-8-15-14(9-12)10-18-11-16(15)19-17(20)13-5-3-2-4-6-13/h7-9,13,16,18H,2-6,10-11H2,1H3,(H,19,20). The van der Waals surface area contributed by atoms with E-state index >= 15 is 0 Å². The van der Waals surface area contributed by atoms with Gasteiger partial charge in [0.15, 0.2) is 0 Å². The zero-order chi connectivity index (χ0) is 13.9. The van der Waals surface area contributed by atoms with E-state index in [2.05, 4.69) is 35.8 Å². The molecule has 3 nitrogen and oxygen atoms in total. The Morgan fingerprint density at radius 1 is 1.25 bits per heavy atom. The molecule has 108 valence electrons. The number of fused-ring (bicyclic) bond motifs is 1. The van der Waals surface area contributed by atoms with Crippen LogP contribution in [0.5, 0.6) is 0 Å². The minimum Gasteiger partial charge on any atom is -0.348 e. The first kappa shape index (κ1) is 13.6. The molecule has 1 aliphatic carbocycles. The summed E-state index contributed by atoms with van der Waals surface area (Å²) in [5.41, 5.74) is 3.90. The van der Waals surface area contributed by atoms with Crippen LogP contribution in [0, 0.1) is 12.8 Å². The number of carbonyl (C=O) groups is 1. The normalized spacial score (nSPS) is 23.1. The number of benzene rings is 1. The second-order valence-corrected chi connectivity index (χ2v) is 6.23. The van der Waals surface area contributed by atoms with Gasteiger partial charge in [-0.15, -0.1) is 0 Å². The van der Waals surface area contributed by atoms with Crippen LogP contribution in [0.4, 0.5) is 0 Å². The lowest BCUT2D eigenvalue weighted by molar-refractivity contribution is -0.126. The number of hydrogen-bond donors (Lipinski definition) is 2. The van der Waals surface area contributed by atoms with Crippen LogP contribution in [0.15, 0.2) is 18.2 Å². The summed E-state index contributed by atoms with van der Waals surface area (Å²) in [6, 6.07) is 6.68. The van der Waals surface area contributed by atoms with Crippen molar-refractivity contribution in [3.63, 3.8) is 0 Å². The van der Waals surface area contributed by atoms with Gasteiger partial charge in [-0.3, -0.25) is 4.79 Å². The summed E-state index contributed by atoms with van der Waals surface area (Å²) < 4.78 is 0. The first-order chi connectivity index (χ1) is 9.74. The van der Waals surface area contributed by atoms with Crippen LogP contribution in [0.2, 0.25) is 0 Å². The van der Waals surface area contributed by atoms with Crippen molar-refractivity contribution < 1.29 is 4.79 Å². The fourth-order valence-electron chi connectivity index (χ4n) is 3.47. The fraction of sp³-hybridized carbons (Fsp3) is 0.588. The molecule has 0 saturated heterocycles. The van der Waals surface area contributed by atoms with Gasteiger partial charge in [0.1, 0.15) is 0 Å². The lowest BCUT2D eigenvalue weighted by Gasteiger charge is -2.30. The molecule has 1 heterocycles.